The number of likely N-dealkylation sites (tertiary alicyclic amines) is 1. The first-order chi connectivity index (χ1) is 12.6. The Labute approximate surface area is 180 Å². The van der Waals surface area contributed by atoms with Crippen molar-refractivity contribution in [2.75, 3.05) is 46.3 Å². The molecule has 1 saturated heterocycles. The van der Waals surface area contributed by atoms with Crippen molar-refractivity contribution >= 4 is 35.8 Å². The summed E-state index contributed by atoms with van der Waals surface area (Å²) in [6.07, 6.45) is 3.55. The van der Waals surface area contributed by atoms with Gasteiger partial charge in [0.05, 0.1) is 6.26 Å². The Morgan fingerprint density at radius 2 is 2.04 bits per heavy atom. The fourth-order valence-electron chi connectivity index (χ4n) is 3.48. The average Bonchev–Trinajstić information content (AvgIpc) is 3.28. The first kappa shape index (κ1) is 23.7. The number of carbonyl (C=O) groups excluding carboxylic acids is 1. The van der Waals surface area contributed by atoms with Crippen LogP contribution in [-0.4, -0.2) is 74.0 Å². The van der Waals surface area contributed by atoms with Crippen LogP contribution in [0.15, 0.2) is 21.7 Å². The molecule has 2 rings (SSSR count). The molecule has 1 aromatic heterocycles. The lowest BCUT2D eigenvalue weighted by Crippen LogP contribution is -2.43. The van der Waals surface area contributed by atoms with E-state index in [1.165, 1.54) is 12.7 Å². The summed E-state index contributed by atoms with van der Waals surface area (Å²) in [4.78, 5) is 21.2. The molecule has 0 spiro atoms. The minimum Gasteiger partial charge on any atom is -0.459 e. The largest absolute Gasteiger partial charge is 0.459 e. The summed E-state index contributed by atoms with van der Waals surface area (Å²) in [6, 6.07) is 2.40. The lowest BCUT2D eigenvalue weighted by atomic mass is 10.2. The number of nitrogens with one attached hydrogen (secondary N) is 2. The third-order valence-electron chi connectivity index (χ3n) is 4.99. The van der Waals surface area contributed by atoms with Gasteiger partial charge in [-0.25, -0.2) is 0 Å². The van der Waals surface area contributed by atoms with Crippen LogP contribution in [0.3, 0.4) is 0 Å². The van der Waals surface area contributed by atoms with Crippen LogP contribution in [0.5, 0.6) is 0 Å². The molecule has 27 heavy (non-hydrogen) atoms. The maximum Gasteiger partial charge on any atom is 0.287 e. The molecule has 154 valence electrons. The van der Waals surface area contributed by atoms with Gasteiger partial charge in [-0.15, -0.1) is 24.0 Å². The summed E-state index contributed by atoms with van der Waals surface area (Å²) in [5.74, 6) is 1.19. The molecule has 7 nitrogen and oxygen atoms in total. The van der Waals surface area contributed by atoms with Crippen LogP contribution in [0.2, 0.25) is 0 Å². The van der Waals surface area contributed by atoms with Crippen molar-refractivity contribution in [2.24, 2.45) is 4.99 Å². The Morgan fingerprint density at radius 3 is 2.63 bits per heavy atom. The van der Waals surface area contributed by atoms with Crippen LogP contribution in [-0.2, 0) is 0 Å². The Bertz CT molecular complexity index is 601. The van der Waals surface area contributed by atoms with E-state index >= 15 is 0 Å². The smallest absolute Gasteiger partial charge is 0.287 e. The molecule has 1 unspecified atom stereocenters. The van der Waals surface area contributed by atoms with Crippen LogP contribution in [0.4, 0.5) is 0 Å². The summed E-state index contributed by atoms with van der Waals surface area (Å²) >= 11 is 0. The maximum atomic E-state index is 12.0. The van der Waals surface area contributed by atoms with Gasteiger partial charge < -0.3 is 20.0 Å². The van der Waals surface area contributed by atoms with Crippen LogP contribution in [0, 0.1) is 6.92 Å². The van der Waals surface area contributed by atoms with Gasteiger partial charge in [0.1, 0.15) is 0 Å². The number of aliphatic imine (C=N–C) groups is 1. The maximum absolute atomic E-state index is 12.0. The third-order valence-corrected chi connectivity index (χ3v) is 4.99. The van der Waals surface area contributed by atoms with Gasteiger partial charge >= 0.3 is 0 Å². The molecular formula is C19H34IN5O2. The molecule has 1 aromatic rings. The van der Waals surface area contributed by atoms with Crippen molar-refractivity contribution < 1.29 is 9.21 Å². The second-order valence-electron chi connectivity index (χ2n) is 6.63. The topological polar surface area (TPSA) is 73.1 Å². The highest BCUT2D eigenvalue weighted by Gasteiger charge is 2.27. The first-order valence-electron chi connectivity index (χ1n) is 9.62. The molecule has 0 aliphatic carbocycles. The Balaban J connectivity index is 0.00000364. The SMILES string of the molecule is CCN(CC)C1CCN(C(=NC)NCCCNC(=O)c2occc2C)C1.I. The Kier molecular flexibility index (Phi) is 10.8. The minimum absolute atomic E-state index is 0. The Hall–Kier alpha value is -1.29. The fourth-order valence-corrected chi connectivity index (χ4v) is 3.48. The lowest BCUT2D eigenvalue weighted by molar-refractivity contribution is 0.0925. The van der Waals surface area contributed by atoms with E-state index in [0.29, 0.717) is 18.3 Å². The molecule has 8 heteroatoms. The fraction of sp³-hybridized carbons (Fsp3) is 0.684. The molecule has 1 fully saturated rings. The van der Waals surface area contributed by atoms with Crippen molar-refractivity contribution in [2.45, 2.75) is 39.7 Å². The summed E-state index contributed by atoms with van der Waals surface area (Å²) in [5, 5.41) is 6.30. The van der Waals surface area contributed by atoms with E-state index in [1.807, 2.05) is 14.0 Å². The highest BCUT2D eigenvalue weighted by Crippen LogP contribution is 2.15. The van der Waals surface area contributed by atoms with E-state index in [-0.39, 0.29) is 29.9 Å². The second kappa shape index (κ2) is 12.2. The number of carbonyl (C=O) groups is 1. The molecule has 2 N–H and O–H groups in total. The van der Waals surface area contributed by atoms with Gasteiger partial charge in [-0.2, -0.15) is 0 Å². The van der Waals surface area contributed by atoms with Crippen molar-refractivity contribution in [3.63, 3.8) is 0 Å². The van der Waals surface area contributed by atoms with E-state index in [9.17, 15) is 4.79 Å². The molecular weight excluding hydrogens is 457 g/mol. The number of hydrogen-bond donors (Lipinski definition) is 2. The van der Waals surface area contributed by atoms with Crippen molar-refractivity contribution in [3.8, 4) is 0 Å². The molecule has 0 radical (unpaired) electrons. The van der Waals surface area contributed by atoms with Crippen LogP contribution in [0.25, 0.3) is 0 Å². The summed E-state index contributed by atoms with van der Waals surface area (Å²) in [7, 11) is 1.83. The van der Waals surface area contributed by atoms with Gasteiger partial charge in [-0.1, -0.05) is 13.8 Å². The van der Waals surface area contributed by atoms with Crippen molar-refractivity contribution in [3.05, 3.63) is 23.7 Å². The number of hydrogen-bond acceptors (Lipinski definition) is 4. The molecule has 1 amide bonds. The molecule has 2 heterocycles. The van der Waals surface area contributed by atoms with E-state index < -0.39 is 0 Å². The zero-order valence-corrected chi connectivity index (χ0v) is 19.3. The van der Waals surface area contributed by atoms with E-state index in [0.717, 1.165) is 50.7 Å². The number of aryl methyl sites for hydroxylation is 1. The van der Waals surface area contributed by atoms with Gasteiger partial charge in [0.2, 0.25) is 0 Å². The summed E-state index contributed by atoms with van der Waals surface area (Å²) in [5.41, 5.74) is 0.859. The van der Waals surface area contributed by atoms with Gasteiger partial charge in [-0.05, 0) is 38.9 Å². The molecule has 0 saturated carbocycles. The summed E-state index contributed by atoms with van der Waals surface area (Å²) in [6.45, 7) is 11.9. The number of nitrogens with zero attached hydrogens (tertiary/aromatic N) is 3. The van der Waals surface area contributed by atoms with Gasteiger partial charge in [0, 0.05) is 44.8 Å². The normalized spacial score (nSPS) is 17.1. The highest BCUT2D eigenvalue weighted by molar-refractivity contribution is 14.0. The molecule has 1 atom stereocenters. The number of rotatable bonds is 8. The van der Waals surface area contributed by atoms with Crippen LogP contribution in [0.1, 0.15) is 42.8 Å². The quantitative estimate of drug-likeness (QED) is 0.253. The van der Waals surface area contributed by atoms with Crippen LogP contribution >= 0.6 is 24.0 Å². The van der Waals surface area contributed by atoms with Crippen molar-refractivity contribution in [1.82, 2.24) is 20.4 Å². The predicted octanol–water partition coefficient (Wildman–Crippen LogP) is 2.32. The number of likely N-dealkylation sites (N-methyl/N-ethyl adjacent to an activating group) is 1. The average molecular weight is 491 g/mol. The van der Waals surface area contributed by atoms with E-state index in [1.54, 1.807) is 6.07 Å². The van der Waals surface area contributed by atoms with Crippen molar-refractivity contribution in [1.29, 1.82) is 0 Å². The van der Waals surface area contributed by atoms with Gasteiger partial charge in [-0.3, -0.25) is 14.7 Å². The first-order valence-corrected chi connectivity index (χ1v) is 9.62. The zero-order valence-electron chi connectivity index (χ0n) is 17.0. The number of halogens is 1. The van der Waals surface area contributed by atoms with Crippen LogP contribution < -0.4 is 10.6 Å². The monoisotopic (exact) mass is 491 g/mol. The standard InChI is InChI=1S/C19H33N5O2.HI/c1-5-23(6-2)16-8-12-24(14-16)19(20-4)22-11-7-10-21-18(25)17-15(3)9-13-26-17;/h9,13,16H,5-8,10-12,14H2,1-4H3,(H,20,22)(H,21,25);1H. The number of furan rings is 1. The molecule has 1 aliphatic rings. The minimum atomic E-state index is -0.154. The zero-order chi connectivity index (χ0) is 18.9. The van der Waals surface area contributed by atoms with Gasteiger partial charge in [0.15, 0.2) is 11.7 Å². The second-order valence-corrected chi connectivity index (χ2v) is 6.63. The third kappa shape index (κ3) is 6.67. The number of amides is 1. The number of guanidine groups is 1. The lowest BCUT2D eigenvalue weighted by Gasteiger charge is -2.27. The highest BCUT2D eigenvalue weighted by atomic mass is 127. The van der Waals surface area contributed by atoms with Gasteiger partial charge in [0.25, 0.3) is 5.91 Å². The molecule has 1 aliphatic heterocycles. The van der Waals surface area contributed by atoms with E-state index in [2.05, 4.69) is 39.3 Å². The summed E-state index contributed by atoms with van der Waals surface area (Å²) < 4.78 is 5.20. The Morgan fingerprint density at radius 1 is 1.33 bits per heavy atom. The van der Waals surface area contributed by atoms with E-state index in [4.69, 9.17) is 4.42 Å². The molecule has 0 bridgehead atoms. The predicted molar refractivity (Wildman–Crippen MR) is 120 cm³/mol. The molecule has 0 aromatic carbocycles.